The number of rotatable bonds is 7. The van der Waals surface area contributed by atoms with Crippen LogP contribution in [-0.4, -0.2) is 43.6 Å². The molecule has 1 heterocycles. The number of morpholine rings is 1. The van der Waals surface area contributed by atoms with E-state index in [1.807, 2.05) is 18.2 Å². The zero-order valence-corrected chi connectivity index (χ0v) is 15.2. The summed E-state index contributed by atoms with van der Waals surface area (Å²) in [5, 5.41) is 2.75. The molecule has 0 radical (unpaired) electrons. The van der Waals surface area contributed by atoms with Gasteiger partial charge in [-0.1, -0.05) is 30.3 Å². The molecule has 1 saturated heterocycles. The van der Waals surface area contributed by atoms with Crippen LogP contribution in [0.1, 0.15) is 34.9 Å². The molecule has 2 aromatic rings. The summed E-state index contributed by atoms with van der Waals surface area (Å²) in [5.74, 6) is -2.35. The minimum atomic E-state index is -1.01. The highest BCUT2D eigenvalue weighted by molar-refractivity contribution is 5.94. The first kappa shape index (κ1) is 19.5. The van der Waals surface area contributed by atoms with Gasteiger partial charge < -0.3 is 10.1 Å². The number of benzene rings is 2. The van der Waals surface area contributed by atoms with Crippen molar-refractivity contribution in [2.75, 3.05) is 32.8 Å². The second-order valence-corrected chi connectivity index (χ2v) is 6.66. The predicted molar refractivity (Wildman–Crippen MR) is 99.5 cm³/mol. The van der Waals surface area contributed by atoms with Gasteiger partial charge in [0.2, 0.25) is 0 Å². The maximum atomic E-state index is 13.2. The summed E-state index contributed by atoms with van der Waals surface area (Å²) in [6.07, 6.45) is 1.87. The maximum absolute atomic E-state index is 13.2. The van der Waals surface area contributed by atoms with Crippen molar-refractivity contribution >= 4 is 5.91 Å². The van der Waals surface area contributed by atoms with Gasteiger partial charge in [-0.05, 0) is 43.1 Å². The average molecular weight is 374 g/mol. The molecule has 0 aromatic heterocycles. The topological polar surface area (TPSA) is 41.6 Å². The highest BCUT2D eigenvalue weighted by Gasteiger charge is 2.21. The minimum absolute atomic E-state index is 0.105. The number of amides is 1. The van der Waals surface area contributed by atoms with Gasteiger partial charge in [0.25, 0.3) is 5.91 Å². The second-order valence-electron chi connectivity index (χ2n) is 6.66. The molecule has 2 aromatic carbocycles. The van der Waals surface area contributed by atoms with Gasteiger partial charge in [0, 0.05) is 25.2 Å². The van der Waals surface area contributed by atoms with Crippen LogP contribution >= 0.6 is 0 Å². The van der Waals surface area contributed by atoms with Gasteiger partial charge in [-0.3, -0.25) is 9.69 Å². The predicted octanol–water partition coefficient (Wildman–Crippen LogP) is 3.55. The van der Waals surface area contributed by atoms with Crippen LogP contribution in [0.15, 0.2) is 48.5 Å². The number of hydrogen-bond donors (Lipinski definition) is 1. The fraction of sp³-hybridized carbons (Fsp3) is 0.381. The van der Waals surface area contributed by atoms with Crippen LogP contribution in [0.5, 0.6) is 0 Å². The summed E-state index contributed by atoms with van der Waals surface area (Å²) in [7, 11) is 0. The van der Waals surface area contributed by atoms with E-state index in [1.165, 1.54) is 11.6 Å². The first-order valence-corrected chi connectivity index (χ1v) is 9.25. The summed E-state index contributed by atoms with van der Waals surface area (Å²) >= 11 is 0. The standard InChI is InChI=1S/C21H24F2N2O2/c22-18-9-8-17(14-19(18)23)21(26)24-10-4-5-11-25-12-13-27-20(15-25)16-6-2-1-3-7-16/h1-3,6-9,14,20H,4-5,10-13,15H2,(H,24,26)/t20-/m0/s1. The molecule has 0 unspecified atom stereocenters. The normalized spacial score (nSPS) is 17.6. The minimum Gasteiger partial charge on any atom is -0.371 e. The van der Waals surface area contributed by atoms with Crippen molar-refractivity contribution in [2.45, 2.75) is 18.9 Å². The van der Waals surface area contributed by atoms with Crippen LogP contribution in [0.4, 0.5) is 8.78 Å². The molecule has 1 N–H and O–H groups in total. The highest BCUT2D eigenvalue weighted by atomic mass is 19.2. The van der Waals surface area contributed by atoms with E-state index in [9.17, 15) is 13.6 Å². The van der Waals surface area contributed by atoms with E-state index in [0.717, 1.165) is 44.6 Å². The van der Waals surface area contributed by atoms with Crippen molar-refractivity contribution in [1.29, 1.82) is 0 Å². The van der Waals surface area contributed by atoms with E-state index in [-0.39, 0.29) is 17.6 Å². The molecule has 1 atom stereocenters. The average Bonchev–Trinajstić information content (AvgIpc) is 2.70. The van der Waals surface area contributed by atoms with Crippen molar-refractivity contribution in [3.63, 3.8) is 0 Å². The van der Waals surface area contributed by atoms with E-state index in [1.54, 1.807) is 0 Å². The number of carbonyl (C=O) groups excluding carboxylic acids is 1. The summed E-state index contributed by atoms with van der Waals surface area (Å²) < 4.78 is 31.9. The fourth-order valence-electron chi connectivity index (χ4n) is 3.18. The largest absolute Gasteiger partial charge is 0.371 e. The van der Waals surface area contributed by atoms with Crippen LogP contribution in [0.3, 0.4) is 0 Å². The number of nitrogens with zero attached hydrogens (tertiary/aromatic N) is 1. The number of hydrogen-bond acceptors (Lipinski definition) is 3. The van der Waals surface area contributed by atoms with Gasteiger partial charge in [0.05, 0.1) is 12.7 Å². The first-order valence-electron chi connectivity index (χ1n) is 9.25. The lowest BCUT2D eigenvalue weighted by Crippen LogP contribution is -2.39. The van der Waals surface area contributed by atoms with E-state index in [0.29, 0.717) is 13.2 Å². The number of unbranched alkanes of at least 4 members (excludes halogenated alkanes) is 1. The van der Waals surface area contributed by atoms with E-state index in [2.05, 4.69) is 22.3 Å². The van der Waals surface area contributed by atoms with Gasteiger partial charge in [-0.15, -0.1) is 0 Å². The molecular formula is C21H24F2N2O2. The number of halogens is 2. The Morgan fingerprint density at radius 1 is 1.11 bits per heavy atom. The molecule has 1 fully saturated rings. The Morgan fingerprint density at radius 2 is 1.93 bits per heavy atom. The molecule has 0 aliphatic carbocycles. The van der Waals surface area contributed by atoms with Crippen molar-refractivity contribution in [3.05, 3.63) is 71.3 Å². The third-order valence-electron chi connectivity index (χ3n) is 4.69. The lowest BCUT2D eigenvalue weighted by Gasteiger charge is -2.33. The molecule has 144 valence electrons. The van der Waals surface area contributed by atoms with Crippen LogP contribution in [0, 0.1) is 11.6 Å². The zero-order valence-electron chi connectivity index (χ0n) is 15.2. The zero-order chi connectivity index (χ0) is 19.1. The lowest BCUT2D eigenvalue weighted by molar-refractivity contribution is -0.0303. The van der Waals surface area contributed by atoms with E-state index >= 15 is 0 Å². The Bertz CT molecular complexity index is 755. The van der Waals surface area contributed by atoms with Crippen LogP contribution in [-0.2, 0) is 4.74 Å². The fourth-order valence-corrected chi connectivity index (χ4v) is 3.18. The molecule has 1 aliphatic heterocycles. The number of ether oxygens (including phenoxy) is 1. The van der Waals surface area contributed by atoms with E-state index in [4.69, 9.17) is 4.74 Å². The van der Waals surface area contributed by atoms with E-state index < -0.39 is 11.6 Å². The molecule has 0 bridgehead atoms. The van der Waals surface area contributed by atoms with Gasteiger partial charge in [-0.25, -0.2) is 8.78 Å². The Kier molecular flexibility index (Phi) is 6.90. The van der Waals surface area contributed by atoms with Gasteiger partial charge in [0.1, 0.15) is 0 Å². The summed E-state index contributed by atoms with van der Waals surface area (Å²) in [5.41, 5.74) is 1.33. The summed E-state index contributed by atoms with van der Waals surface area (Å²) in [6.45, 7) is 3.93. The quantitative estimate of drug-likeness (QED) is 0.754. The molecule has 1 aliphatic rings. The van der Waals surface area contributed by atoms with Crippen molar-refractivity contribution in [2.24, 2.45) is 0 Å². The van der Waals surface area contributed by atoms with Gasteiger partial charge in [0.15, 0.2) is 11.6 Å². The summed E-state index contributed by atoms with van der Waals surface area (Å²) in [6, 6.07) is 13.4. The SMILES string of the molecule is O=C(NCCCCN1CCO[C@H](c2ccccc2)C1)c1ccc(F)c(F)c1. The Balaban J connectivity index is 1.36. The second kappa shape index (κ2) is 9.58. The molecule has 0 saturated carbocycles. The number of nitrogens with one attached hydrogen (secondary N) is 1. The molecular weight excluding hydrogens is 350 g/mol. The Hall–Kier alpha value is -2.31. The lowest BCUT2D eigenvalue weighted by atomic mass is 10.1. The monoisotopic (exact) mass is 374 g/mol. The molecule has 3 rings (SSSR count). The Morgan fingerprint density at radius 3 is 2.70 bits per heavy atom. The molecule has 0 spiro atoms. The van der Waals surface area contributed by atoms with Crippen LogP contribution < -0.4 is 5.32 Å². The van der Waals surface area contributed by atoms with Crippen LogP contribution in [0.25, 0.3) is 0 Å². The molecule has 27 heavy (non-hydrogen) atoms. The smallest absolute Gasteiger partial charge is 0.251 e. The Labute approximate surface area is 158 Å². The van der Waals surface area contributed by atoms with Crippen molar-refractivity contribution in [1.82, 2.24) is 10.2 Å². The van der Waals surface area contributed by atoms with Crippen molar-refractivity contribution in [3.8, 4) is 0 Å². The number of carbonyl (C=O) groups is 1. The molecule has 4 nitrogen and oxygen atoms in total. The third-order valence-corrected chi connectivity index (χ3v) is 4.69. The highest BCUT2D eigenvalue weighted by Crippen LogP contribution is 2.22. The summed E-state index contributed by atoms with van der Waals surface area (Å²) in [4.78, 5) is 14.3. The molecule has 1 amide bonds. The maximum Gasteiger partial charge on any atom is 0.251 e. The van der Waals surface area contributed by atoms with Crippen molar-refractivity contribution < 1.29 is 18.3 Å². The molecule has 6 heteroatoms. The van der Waals surface area contributed by atoms with Gasteiger partial charge >= 0.3 is 0 Å². The third kappa shape index (κ3) is 5.58. The van der Waals surface area contributed by atoms with Crippen LogP contribution in [0.2, 0.25) is 0 Å². The van der Waals surface area contributed by atoms with Gasteiger partial charge in [-0.2, -0.15) is 0 Å². The first-order chi connectivity index (χ1) is 13.1.